The topological polar surface area (TPSA) is 67.8 Å². The van der Waals surface area contributed by atoms with Crippen LogP contribution >= 0.6 is 35.3 Å². The van der Waals surface area contributed by atoms with E-state index in [-0.39, 0.29) is 24.0 Å². The third-order valence-electron chi connectivity index (χ3n) is 4.74. The maximum absolute atomic E-state index is 5.76. The molecule has 2 N–H and O–H groups in total. The van der Waals surface area contributed by atoms with Gasteiger partial charge in [0.25, 0.3) is 0 Å². The van der Waals surface area contributed by atoms with Crippen LogP contribution in [0.3, 0.4) is 0 Å². The second kappa shape index (κ2) is 11.9. The number of thiazole rings is 1. The lowest BCUT2D eigenvalue weighted by Crippen LogP contribution is -2.30. The van der Waals surface area contributed by atoms with Gasteiger partial charge in [0.05, 0.1) is 30.5 Å². The Labute approximate surface area is 204 Å². The van der Waals surface area contributed by atoms with Gasteiger partial charge in [-0.15, -0.1) is 35.3 Å². The minimum absolute atomic E-state index is 0. The molecule has 31 heavy (non-hydrogen) atoms. The van der Waals surface area contributed by atoms with Crippen LogP contribution in [0.4, 0.5) is 5.69 Å². The number of halogens is 1. The van der Waals surface area contributed by atoms with Gasteiger partial charge in [-0.2, -0.15) is 0 Å². The lowest BCUT2D eigenvalue weighted by atomic mass is 10.1. The molecule has 0 saturated carbocycles. The van der Waals surface area contributed by atoms with Gasteiger partial charge in [-0.25, -0.2) is 4.98 Å². The van der Waals surface area contributed by atoms with Crippen LogP contribution in [0.15, 0.2) is 58.9 Å². The van der Waals surface area contributed by atoms with E-state index in [0.717, 1.165) is 47.2 Å². The van der Waals surface area contributed by atoms with Crippen LogP contribution in [0, 0.1) is 0 Å². The van der Waals surface area contributed by atoms with E-state index in [1.807, 2.05) is 24.3 Å². The van der Waals surface area contributed by atoms with E-state index in [4.69, 9.17) is 14.5 Å². The molecule has 2 aromatic carbocycles. The molecule has 8 heteroatoms. The van der Waals surface area contributed by atoms with Crippen LogP contribution in [-0.2, 0) is 19.4 Å². The van der Waals surface area contributed by atoms with Crippen molar-refractivity contribution in [2.75, 3.05) is 25.6 Å². The van der Waals surface area contributed by atoms with E-state index < -0.39 is 0 Å². The molecule has 0 bridgehead atoms. The Morgan fingerprint density at radius 3 is 2.68 bits per heavy atom. The van der Waals surface area contributed by atoms with Crippen LogP contribution in [0.2, 0.25) is 0 Å². The molecular weight excluding hydrogens is 523 g/mol. The summed E-state index contributed by atoms with van der Waals surface area (Å²) in [6.07, 6.45) is 2.86. The Bertz CT molecular complexity index is 994. The van der Waals surface area contributed by atoms with Crippen LogP contribution in [0.25, 0.3) is 0 Å². The van der Waals surface area contributed by atoms with Crippen molar-refractivity contribution < 1.29 is 9.47 Å². The van der Waals surface area contributed by atoms with E-state index in [2.05, 4.69) is 45.3 Å². The first-order valence-corrected chi connectivity index (χ1v) is 11.0. The number of aryl methyl sites for hydroxylation is 2. The maximum Gasteiger partial charge on any atom is 0.195 e. The van der Waals surface area contributed by atoms with Crippen molar-refractivity contribution in [2.24, 2.45) is 4.99 Å². The first kappa shape index (κ1) is 23.3. The number of nitrogens with zero attached hydrogens (tertiary/aromatic N) is 2. The molecule has 0 fully saturated rings. The molecule has 6 nitrogen and oxygen atoms in total. The lowest BCUT2D eigenvalue weighted by molar-refractivity contribution is 0.297. The Kier molecular flexibility index (Phi) is 8.96. The largest absolute Gasteiger partial charge is 0.490 e. The van der Waals surface area contributed by atoms with Crippen LogP contribution in [0.1, 0.15) is 22.7 Å². The summed E-state index contributed by atoms with van der Waals surface area (Å²) in [6.45, 7) is 1.97. The number of ether oxygens (including phenoxy) is 2. The Hall–Kier alpha value is -2.33. The zero-order valence-electron chi connectivity index (χ0n) is 17.5. The highest BCUT2D eigenvalue weighted by molar-refractivity contribution is 14.0. The van der Waals surface area contributed by atoms with E-state index in [1.165, 1.54) is 5.56 Å². The summed E-state index contributed by atoms with van der Waals surface area (Å²) in [6, 6.07) is 16.3. The van der Waals surface area contributed by atoms with Crippen molar-refractivity contribution in [3.63, 3.8) is 0 Å². The Morgan fingerprint density at radius 2 is 1.87 bits per heavy atom. The third-order valence-corrected chi connectivity index (χ3v) is 5.70. The molecule has 1 aliphatic heterocycles. The fourth-order valence-electron chi connectivity index (χ4n) is 3.17. The molecule has 3 aromatic rings. The quantitative estimate of drug-likeness (QED) is 0.260. The molecular formula is C23H27IN4O2S. The fraction of sp³-hybridized carbons (Fsp3) is 0.304. The SMILES string of the molecule is CN=C(NCc1csc(CCc2ccccc2)n1)Nc1ccc2c(c1)OCCCO2.I. The highest BCUT2D eigenvalue weighted by Gasteiger charge is 2.11. The standard InChI is InChI=1S/C23H26N4O2S.HI/c1-24-23(27-18-9-10-20-21(14-18)29-13-5-12-28-20)25-15-19-16-30-22(26-19)11-8-17-6-3-2-4-7-17;/h2-4,6-7,9-10,14,16H,5,8,11-13,15H2,1H3,(H2,24,25,27);1H. The van der Waals surface area contributed by atoms with Crippen LogP contribution < -0.4 is 20.1 Å². The number of anilines is 1. The number of aromatic nitrogens is 1. The molecule has 1 aromatic heterocycles. The molecule has 0 saturated heterocycles. The summed E-state index contributed by atoms with van der Waals surface area (Å²) in [7, 11) is 1.75. The zero-order chi connectivity index (χ0) is 20.6. The third kappa shape index (κ3) is 6.83. The number of nitrogens with one attached hydrogen (secondary N) is 2. The second-order valence-electron chi connectivity index (χ2n) is 6.98. The van der Waals surface area contributed by atoms with Crippen LogP contribution in [0.5, 0.6) is 11.5 Å². The van der Waals surface area contributed by atoms with Gasteiger partial charge in [-0.3, -0.25) is 4.99 Å². The molecule has 164 valence electrons. The summed E-state index contributed by atoms with van der Waals surface area (Å²) in [5.41, 5.74) is 3.26. The van der Waals surface area contributed by atoms with E-state index in [1.54, 1.807) is 18.4 Å². The van der Waals surface area contributed by atoms with Crippen LogP contribution in [-0.4, -0.2) is 31.2 Å². The van der Waals surface area contributed by atoms with Gasteiger partial charge in [0, 0.05) is 37.0 Å². The average Bonchev–Trinajstić information content (AvgIpc) is 3.11. The van der Waals surface area contributed by atoms with E-state index >= 15 is 0 Å². The molecule has 0 atom stereocenters. The monoisotopic (exact) mass is 550 g/mol. The Morgan fingerprint density at radius 1 is 1.06 bits per heavy atom. The first-order chi connectivity index (χ1) is 14.8. The van der Waals surface area contributed by atoms with Gasteiger partial charge in [0.1, 0.15) is 0 Å². The summed E-state index contributed by atoms with van der Waals surface area (Å²) in [5, 5.41) is 9.89. The number of fused-ring (bicyclic) bond motifs is 1. The van der Waals surface area contributed by atoms with Gasteiger partial charge < -0.3 is 20.1 Å². The predicted octanol–water partition coefficient (Wildman–Crippen LogP) is 4.90. The molecule has 2 heterocycles. The van der Waals surface area contributed by atoms with Crippen molar-refractivity contribution in [3.05, 3.63) is 70.2 Å². The number of rotatable bonds is 6. The second-order valence-corrected chi connectivity index (χ2v) is 7.92. The smallest absolute Gasteiger partial charge is 0.195 e. The molecule has 1 aliphatic rings. The Balaban J connectivity index is 0.00000272. The van der Waals surface area contributed by atoms with Gasteiger partial charge in [-0.05, 0) is 24.1 Å². The van der Waals surface area contributed by atoms with E-state index in [0.29, 0.717) is 25.7 Å². The van der Waals surface area contributed by atoms with Crippen molar-refractivity contribution in [2.45, 2.75) is 25.8 Å². The molecule has 0 aliphatic carbocycles. The van der Waals surface area contributed by atoms with Gasteiger partial charge in [-0.1, -0.05) is 30.3 Å². The first-order valence-electron chi connectivity index (χ1n) is 10.1. The summed E-state index contributed by atoms with van der Waals surface area (Å²) in [5.74, 6) is 2.23. The predicted molar refractivity (Wildman–Crippen MR) is 137 cm³/mol. The average molecular weight is 550 g/mol. The molecule has 4 rings (SSSR count). The number of hydrogen-bond acceptors (Lipinski definition) is 5. The minimum atomic E-state index is 0. The number of guanidine groups is 1. The van der Waals surface area contributed by atoms with Gasteiger partial charge in [0.2, 0.25) is 0 Å². The number of hydrogen-bond donors (Lipinski definition) is 2. The van der Waals surface area contributed by atoms with Crippen molar-refractivity contribution in [1.29, 1.82) is 0 Å². The fourth-order valence-corrected chi connectivity index (χ4v) is 3.97. The molecule has 0 spiro atoms. The molecule has 0 radical (unpaired) electrons. The van der Waals surface area contributed by atoms with E-state index in [9.17, 15) is 0 Å². The molecule has 0 amide bonds. The number of benzene rings is 2. The molecule has 0 unspecified atom stereocenters. The summed E-state index contributed by atoms with van der Waals surface area (Å²) >= 11 is 1.71. The highest BCUT2D eigenvalue weighted by atomic mass is 127. The zero-order valence-corrected chi connectivity index (χ0v) is 20.6. The highest BCUT2D eigenvalue weighted by Crippen LogP contribution is 2.32. The van der Waals surface area contributed by atoms with Gasteiger partial charge >= 0.3 is 0 Å². The van der Waals surface area contributed by atoms with Crippen molar-refractivity contribution >= 4 is 47.0 Å². The summed E-state index contributed by atoms with van der Waals surface area (Å²) < 4.78 is 11.4. The normalized spacial score (nSPS) is 13.1. The minimum Gasteiger partial charge on any atom is -0.490 e. The van der Waals surface area contributed by atoms with Gasteiger partial charge in [0.15, 0.2) is 17.5 Å². The number of aliphatic imine (C=N–C) groups is 1. The van der Waals surface area contributed by atoms with Crippen molar-refractivity contribution in [1.82, 2.24) is 10.3 Å². The lowest BCUT2D eigenvalue weighted by Gasteiger charge is -2.13. The van der Waals surface area contributed by atoms with Crippen molar-refractivity contribution in [3.8, 4) is 11.5 Å². The summed E-state index contributed by atoms with van der Waals surface area (Å²) in [4.78, 5) is 9.05. The maximum atomic E-state index is 5.76.